The van der Waals surface area contributed by atoms with Gasteiger partial charge in [0.2, 0.25) is 5.91 Å². The van der Waals surface area contributed by atoms with Crippen LogP contribution < -0.4 is 11.2 Å². The fourth-order valence-electron chi connectivity index (χ4n) is 1.43. The van der Waals surface area contributed by atoms with E-state index in [4.69, 9.17) is 17.3 Å². The molecular weight excluding hydrogens is 293 g/mol. The smallest absolute Gasteiger partial charge is 0.240 e. The molecule has 0 unspecified atom stereocenters. The summed E-state index contributed by atoms with van der Waals surface area (Å²) in [6.07, 6.45) is 1.05. The number of amides is 1. The molecule has 6 heteroatoms. The number of benzene rings is 1. The number of anilines is 1. The van der Waals surface area contributed by atoms with Crippen molar-refractivity contribution in [2.45, 2.75) is 12.8 Å². The van der Waals surface area contributed by atoms with Gasteiger partial charge in [-0.3, -0.25) is 4.79 Å². The van der Waals surface area contributed by atoms with E-state index in [2.05, 4.69) is 26.5 Å². The summed E-state index contributed by atoms with van der Waals surface area (Å²) in [5, 5.41) is 4.47. The fourth-order valence-corrected chi connectivity index (χ4v) is 2.23. The van der Waals surface area contributed by atoms with E-state index in [0.717, 1.165) is 15.7 Å². The Hall–Kier alpha value is -1.07. The third-order valence-electron chi connectivity index (χ3n) is 2.32. The molecule has 3 N–H and O–H groups in total. The molecule has 0 saturated heterocycles. The number of hydrazone groups is 1. The van der Waals surface area contributed by atoms with Crippen molar-refractivity contribution in [1.82, 2.24) is 5.43 Å². The molecule has 0 radical (unpaired) electrons. The summed E-state index contributed by atoms with van der Waals surface area (Å²) in [6.45, 7) is 0. The SMILES string of the molecule is Nc1c(Cl)cc(C2=NNC(=O)CC2)cc1Br. The zero-order valence-electron chi connectivity index (χ0n) is 8.26. The van der Waals surface area contributed by atoms with E-state index in [1.807, 2.05) is 6.07 Å². The number of nitrogens with two attached hydrogens (primary N) is 1. The van der Waals surface area contributed by atoms with Gasteiger partial charge in [0.25, 0.3) is 0 Å². The highest BCUT2D eigenvalue weighted by molar-refractivity contribution is 9.10. The molecule has 0 bridgehead atoms. The summed E-state index contributed by atoms with van der Waals surface area (Å²) in [4.78, 5) is 11.0. The summed E-state index contributed by atoms with van der Waals surface area (Å²) >= 11 is 9.29. The van der Waals surface area contributed by atoms with Gasteiger partial charge >= 0.3 is 0 Å². The van der Waals surface area contributed by atoms with Crippen molar-refractivity contribution in [3.63, 3.8) is 0 Å². The molecule has 0 aliphatic carbocycles. The third-order valence-corrected chi connectivity index (χ3v) is 3.29. The van der Waals surface area contributed by atoms with Crippen molar-refractivity contribution >= 4 is 44.8 Å². The average Bonchev–Trinajstić information content (AvgIpc) is 2.26. The van der Waals surface area contributed by atoms with Crippen molar-refractivity contribution in [3.8, 4) is 0 Å². The number of rotatable bonds is 1. The van der Waals surface area contributed by atoms with Gasteiger partial charge in [-0.1, -0.05) is 11.6 Å². The minimum atomic E-state index is -0.0654. The Kier molecular flexibility index (Phi) is 3.16. The predicted octanol–water partition coefficient (Wildman–Crippen LogP) is 2.30. The van der Waals surface area contributed by atoms with Crippen LogP contribution in [0.2, 0.25) is 5.02 Å². The maximum absolute atomic E-state index is 11.0. The van der Waals surface area contributed by atoms with Gasteiger partial charge in [0, 0.05) is 22.9 Å². The lowest BCUT2D eigenvalue weighted by Gasteiger charge is -2.13. The van der Waals surface area contributed by atoms with Gasteiger partial charge in [-0.25, -0.2) is 5.43 Å². The fraction of sp³-hybridized carbons (Fsp3) is 0.200. The van der Waals surface area contributed by atoms with Crippen LogP contribution in [0.4, 0.5) is 5.69 Å². The van der Waals surface area contributed by atoms with Crippen LogP contribution in [0.3, 0.4) is 0 Å². The second-order valence-electron chi connectivity index (χ2n) is 3.45. The molecule has 1 aliphatic heterocycles. The largest absolute Gasteiger partial charge is 0.397 e. The molecule has 84 valence electrons. The molecule has 1 aromatic rings. The molecule has 0 atom stereocenters. The van der Waals surface area contributed by atoms with E-state index in [0.29, 0.717) is 23.6 Å². The van der Waals surface area contributed by atoms with Gasteiger partial charge < -0.3 is 5.73 Å². The number of nitrogens with one attached hydrogen (secondary N) is 1. The Morgan fingerprint density at radius 2 is 2.19 bits per heavy atom. The normalized spacial score (nSPS) is 15.6. The number of halogens is 2. The van der Waals surface area contributed by atoms with E-state index >= 15 is 0 Å². The number of hydrogen-bond donors (Lipinski definition) is 2. The molecular formula is C10H9BrClN3O. The highest BCUT2D eigenvalue weighted by atomic mass is 79.9. The van der Waals surface area contributed by atoms with Gasteiger partial charge in [0.15, 0.2) is 0 Å². The second-order valence-corrected chi connectivity index (χ2v) is 4.71. The Morgan fingerprint density at radius 3 is 2.75 bits per heavy atom. The highest BCUT2D eigenvalue weighted by Crippen LogP contribution is 2.30. The number of nitrogen functional groups attached to an aromatic ring is 1. The lowest BCUT2D eigenvalue weighted by atomic mass is 10.0. The van der Waals surface area contributed by atoms with E-state index in [9.17, 15) is 4.79 Å². The molecule has 1 aliphatic rings. The lowest BCUT2D eigenvalue weighted by molar-refractivity contribution is -0.121. The Bertz CT molecular complexity index is 464. The topological polar surface area (TPSA) is 67.5 Å². The van der Waals surface area contributed by atoms with Gasteiger partial charge in [0.1, 0.15) is 0 Å². The van der Waals surface area contributed by atoms with Crippen LogP contribution in [0.25, 0.3) is 0 Å². The molecule has 2 rings (SSSR count). The Balaban J connectivity index is 2.38. The molecule has 16 heavy (non-hydrogen) atoms. The van der Waals surface area contributed by atoms with Crippen LogP contribution in [0, 0.1) is 0 Å². The lowest BCUT2D eigenvalue weighted by Crippen LogP contribution is -2.25. The summed E-state index contributed by atoms with van der Waals surface area (Å²) in [7, 11) is 0. The first-order chi connectivity index (χ1) is 7.58. The molecule has 0 spiro atoms. The summed E-state index contributed by atoms with van der Waals surface area (Å²) < 4.78 is 0.731. The minimum Gasteiger partial charge on any atom is -0.397 e. The van der Waals surface area contributed by atoms with Crippen molar-refractivity contribution in [2.24, 2.45) is 5.10 Å². The second kappa shape index (κ2) is 4.43. The zero-order valence-corrected chi connectivity index (χ0v) is 10.6. The number of carbonyl (C=O) groups is 1. The van der Waals surface area contributed by atoms with Crippen LogP contribution in [0.5, 0.6) is 0 Å². The average molecular weight is 303 g/mol. The van der Waals surface area contributed by atoms with E-state index in [1.54, 1.807) is 6.07 Å². The van der Waals surface area contributed by atoms with E-state index < -0.39 is 0 Å². The van der Waals surface area contributed by atoms with Gasteiger partial charge in [-0.2, -0.15) is 5.10 Å². The predicted molar refractivity (Wildman–Crippen MR) is 67.5 cm³/mol. The first kappa shape index (κ1) is 11.4. The van der Waals surface area contributed by atoms with Crippen molar-refractivity contribution in [2.75, 3.05) is 5.73 Å². The minimum absolute atomic E-state index is 0.0654. The van der Waals surface area contributed by atoms with Gasteiger partial charge in [0.05, 0.1) is 16.4 Å². The Labute approximate surface area is 106 Å². The molecule has 1 aromatic carbocycles. The van der Waals surface area contributed by atoms with Crippen LogP contribution in [-0.2, 0) is 4.79 Å². The molecule has 4 nitrogen and oxygen atoms in total. The Morgan fingerprint density at radius 1 is 1.44 bits per heavy atom. The summed E-state index contributed by atoms with van der Waals surface area (Å²) in [6, 6.07) is 3.59. The van der Waals surface area contributed by atoms with Gasteiger partial charge in [-0.05, 0) is 28.1 Å². The third kappa shape index (κ3) is 2.20. The molecule has 0 aromatic heterocycles. The maximum atomic E-state index is 11.0. The quantitative estimate of drug-likeness (QED) is 0.782. The van der Waals surface area contributed by atoms with Crippen LogP contribution in [-0.4, -0.2) is 11.6 Å². The number of carbonyl (C=O) groups excluding carboxylic acids is 1. The first-order valence-electron chi connectivity index (χ1n) is 4.68. The monoisotopic (exact) mass is 301 g/mol. The molecule has 0 fully saturated rings. The van der Waals surface area contributed by atoms with Crippen molar-refractivity contribution in [1.29, 1.82) is 0 Å². The van der Waals surface area contributed by atoms with Gasteiger partial charge in [-0.15, -0.1) is 0 Å². The zero-order chi connectivity index (χ0) is 11.7. The highest BCUT2D eigenvalue weighted by Gasteiger charge is 2.15. The van der Waals surface area contributed by atoms with Crippen LogP contribution >= 0.6 is 27.5 Å². The van der Waals surface area contributed by atoms with E-state index in [-0.39, 0.29) is 5.91 Å². The van der Waals surface area contributed by atoms with Crippen molar-refractivity contribution in [3.05, 3.63) is 27.2 Å². The summed E-state index contributed by atoms with van der Waals surface area (Å²) in [5.74, 6) is -0.0654. The first-order valence-corrected chi connectivity index (χ1v) is 5.85. The number of nitrogens with zero attached hydrogens (tertiary/aromatic N) is 1. The van der Waals surface area contributed by atoms with E-state index in [1.165, 1.54) is 0 Å². The van der Waals surface area contributed by atoms with Crippen molar-refractivity contribution < 1.29 is 4.79 Å². The van der Waals surface area contributed by atoms with Crippen LogP contribution in [0.15, 0.2) is 21.7 Å². The van der Waals surface area contributed by atoms with Crippen LogP contribution in [0.1, 0.15) is 18.4 Å². The maximum Gasteiger partial charge on any atom is 0.240 e. The summed E-state index contributed by atoms with van der Waals surface area (Å²) in [5.41, 5.74) is 10.3. The molecule has 1 amide bonds. The standard InChI is InChI=1S/C10H9BrClN3O/c11-6-3-5(4-7(12)10(6)13)8-1-2-9(16)15-14-8/h3-4H,1-2,13H2,(H,15,16). The molecule has 0 saturated carbocycles. The molecule has 1 heterocycles. The number of hydrogen-bond acceptors (Lipinski definition) is 3.